The summed E-state index contributed by atoms with van der Waals surface area (Å²) >= 11 is 1.47. The number of aromatic nitrogens is 1. The molecule has 3 nitrogen and oxygen atoms in total. The first-order valence-corrected chi connectivity index (χ1v) is 5.58. The molecule has 0 aliphatic heterocycles. The van der Waals surface area contributed by atoms with Crippen LogP contribution in [0.3, 0.4) is 0 Å². The molecule has 1 aromatic carbocycles. The molecule has 0 bridgehead atoms. The molecular weight excluding hydrogens is 208 g/mol. The number of benzene rings is 1. The van der Waals surface area contributed by atoms with E-state index >= 15 is 0 Å². The van der Waals surface area contributed by atoms with Crippen LogP contribution in [0.1, 0.15) is 5.56 Å². The van der Waals surface area contributed by atoms with E-state index in [2.05, 4.69) is 11.1 Å². The average Bonchev–Trinajstić information content (AvgIpc) is 2.28. The Kier molecular flexibility index (Phi) is 2.48. The number of hydrogen-bond acceptors (Lipinski definition) is 3. The van der Waals surface area contributed by atoms with Crippen molar-refractivity contribution < 1.29 is 0 Å². The van der Waals surface area contributed by atoms with E-state index in [1.165, 1.54) is 11.8 Å². The zero-order valence-electron chi connectivity index (χ0n) is 8.07. The lowest BCUT2D eigenvalue weighted by molar-refractivity contribution is 1.27. The molecule has 0 radical (unpaired) electrons. The van der Waals surface area contributed by atoms with Gasteiger partial charge in [0.25, 0.3) is 5.56 Å². The second-order valence-electron chi connectivity index (χ2n) is 3.06. The van der Waals surface area contributed by atoms with Crippen molar-refractivity contribution >= 4 is 22.5 Å². The topological polar surface area (TPSA) is 56.6 Å². The summed E-state index contributed by atoms with van der Waals surface area (Å²) in [5.74, 6) is 0. The van der Waals surface area contributed by atoms with E-state index in [0.29, 0.717) is 10.9 Å². The molecule has 0 saturated carbocycles. The highest BCUT2D eigenvalue weighted by Crippen LogP contribution is 2.24. The Labute approximate surface area is 90.7 Å². The van der Waals surface area contributed by atoms with Crippen LogP contribution in [0, 0.1) is 11.3 Å². The van der Waals surface area contributed by atoms with Crippen molar-refractivity contribution in [2.45, 2.75) is 4.90 Å². The Balaban J connectivity index is 2.89. The molecule has 0 unspecified atom stereocenters. The molecule has 0 atom stereocenters. The molecule has 0 saturated heterocycles. The molecule has 0 fully saturated rings. The van der Waals surface area contributed by atoms with Crippen LogP contribution in [-0.2, 0) is 0 Å². The van der Waals surface area contributed by atoms with Crippen molar-refractivity contribution in [1.29, 1.82) is 5.26 Å². The van der Waals surface area contributed by atoms with E-state index in [-0.39, 0.29) is 5.56 Å². The number of fused-ring (bicyclic) bond motifs is 1. The minimum absolute atomic E-state index is 0.118. The summed E-state index contributed by atoms with van der Waals surface area (Å²) in [6, 6.07) is 7.43. The van der Waals surface area contributed by atoms with Crippen LogP contribution < -0.4 is 5.56 Å². The molecule has 4 heteroatoms. The summed E-state index contributed by atoms with van der Waals surface area (Å²) in [5.41, 5.74) is 0.493. The van der Waals surface area contributed by atoms with Gasteiger partial charge in [-0.25, -0.2) is 0 Å². The molecule has 0 aliphatic carbocycles. The van der Waals surface area contributed by atoms with E-state index in [1.54, 1.807) is 24.4 Å². The summed E-state index contributed by atoms with van der Waals surface area (Å²) in [4.78, 5) is 14.9. The zero-order valence-corrected chi connectivity index (χ0v) is 8.89. The maximum Gasteiger partial charge on any atom is 0.255 e. The molecular formula is C11H8N2OS. The van der Waals surface area contributed by atoms with E-state index in [9.17, 15) is 4.79 Å². The van der Waals surface area contributed by atoms with Gasteiger partial charge >= 0.3 is 0 Å². The first-order chi connectivity index (χ1) is 7.26. The summed E-state index contributed by atoms with van der Waals surface area (Å²) in [7, 11) is 0. The molecule has 1 heterocycles. The van der Waals surface area contributed by atoms with Crippen LogP contribution in [0.2, 0.25) is 0 Å². The number of thioether (sulfide) groups is 1. The van der Waals surface area contributed by atoms with Gasteiger partial charge in [0.15, 0.2) is 0 Å². The third-order valence-corrected chi connectivity index (χ3v) is 2.99. The largest absolute Gasteiger partial charge is 0.329 e. The summed E-state index contributed by atoms with van der Waals surface area (Å²) < 4.78 is 0. The van der Waals surface area contributed by atoms with Gasteiger partial charge < -0.3 is 4.98 Å². The Morgan fingerprint density at radius 2 is 2.27 bits per heavy atom. The van der Waals surface area contributed by atoms with Crippen molar-refractivity contribution in [1.82, 2.24) is 4.98 Å². The smallest absolute Gasteiger partial charge is 0.255 e. The van der Waals surface area contributed by atoms with E-state index in [4.69, 9.17) is 5.26 Å². The van der Waals surface area contributed by atoms with Crippen LogP contribution >= 0.6 is 11.8 Å². The molecule has 1 aromatic heterocycles. The lowest BCUT2D eigenvalue weighted by atomic mass is 10.1. The monoisotopic (exact) mass is 216 g/mol. The first kappa shape index (κ1) is 9.81. The quantitative estimate of drug-likeness (QED) is 0.743. The molecule has 1 N–H and O–H groups in total. The van der Waals surface area contributed by atoms with E-state index < -0.39 is 0 Å². The predicted molar refractivity (Wildman–Crippen MR) is 61.1 cm³/mol. The van der Waals surface area contributed by atoms with Gasteiger partial charge in [-0.05, 0) is 29.8 Å². The van der Waals surface area contributed by atoms with E-state index in [1.807, 2.05) is 6.26 Å². The normalized spacial score (nSPS) is 10.1. The van der Waals surface area contributed by atoms with Crippen LogP contribution in [0.25, 0.3) is 10.8 Å². The summed E-state index contributed by atoms with van der Waals surface area (Å²) in [6.07, 6.45) is 3.48. The van der Waals surface area contributed by atoms with Gasteiger partial charge in [-0.1, -0.05) is 0 Å². The fourth-order valence-electron chi connectivity index (χ4n) is 1.47. The van der Waals surface area contributed by atoms with Crippen molar-refractivity contribution in [3.63, 3.8) is 0 Å². The lowest BCUT2D eigenvalue weighted by Crippen LogP contribution is -2.04. The molecule has 0 amide bonds. The van der Waals surface area contributed by atoms with E-state index in [0.717, 1.165) is 10.3 Å². The first-order valence-electron chi connectivity index (χ1n) is 4.36. The Morgan fingerprint density at radius 1 is 1.47 bits per heavy atom. The molecule has 2 rings (SSSR count). The summed E-state index contributed by atoms with van der Waals surface area (Å²) in [6.45, 7) is 0. The minimum Gasteiger partial charge on any atom is -0.329 e. The van der Waals surface area contributed by atoms with Crippen molar-refractivity contribution in [3.8, 4) is 6.07 Å². The SMILES string of the molecule is CSc1cc2c(=O)[nH]ccc2cc1C#N. The fraction of sp³-hybridized carbons (Fsp3) is 0.0909. The van der Waals surface area contributed by atoms with Crippen molar-refractivity contribution in [3.05, 3.63) is 40.3 Å². The van der Waals surface area contributed by atoms with Crippen molar-refractivity contribution in [2.75, 3.05) is 6.26 Å². The number of nitriles is 1. The third-order valence-electron chi connectivity index (χ3n) is 2.21. The van der Waals surface area contributed by atoms with Gasteiger partial charge in [0.1, 0.15) is 6.07 Å². The van der Waals surface area contributed by atoms with Crippen LogP contribution in [0.5, 0.6) is 0 Å². The zero-order chi connectivity index (χ0) is 10.8. The van der Waals surface area contributed by atoms with Gasteiger partial charge in [-0.15, -0.1) is 11.8 Å². The Bertz CT molecular complexity index is 610. The van der Waals surface area contributed by atoms with Gasteiger partial charge in [0.2, 0.25) is 0 Å². The van der Waals surface area contributed by atoms with Gasteiger partial charge in [0.05, 0.1) is 5.56 Å². The van der Waals surface area contributed by atoms with Gasteiger partial charge in [0, 0.05) is 16.5 Å². The average molecular weight is 216 g/mol. The second-order valence-corrected chi connectivity index (χ2v) is 3.91. The fourth-order valence-corrected chi connectivity index (χ4v) is 2.03. The van der Waals surface area contributed by atoms with Crippen molar-refractivity contribution in [2.24, 2.45) is 0 Å². The maximum atomic E-state index is 11.5. The number of nitrogens with one attached hydrogen (secondary N) is 1. The molecule has 0 aliphatic rings. The summed E-state index contributed by atoms with van der Waals surface area (Å²) in [5, 5.41) is 10.4. The molecule has 0 spiro atoms. The number of pyridine rings is 1. The lowest BCUT2D eigenvalue weighted by Gasteiger charge is -2.02. The highest BCUT2D eigenvalue weighted by molar-refractivity contribution is 7.98. The predicted octanol–water partition coefficient (Wildman–Crippen LogP) is 2.12. The second kappa shape index (κ2) is 3.79. The Morgan fingerprint density at radius 3 is 2.93 bits per heavy atom. The number of H-pyrrole nitrogens is 1. The van der Waals surface area contributed by atoms with Gasteiger partial charge in [-0.2, -0.15) is 5.26 Å². The molecule has 15 heavy (non-hydrogen) atoms. The molecule has 2 aromatic rings. The van der Waals surface area contributed by atoms with Crippen LogP contribution in [-0.4, -0.2) is 11.2 Å². The number of aromatic amines is 1. The standard InChI is InChI=1S/C11H8N2OS/c1-15-10-5-9-7(4-8(10)6-12)2-3-13-11(9)14/h2-5H,1H3,(H,13,14). The third kappa shape index (κ3) is 1.62. The Hall–Kier alpha value is -1.73. The highest BCUT2D eigenvalue weighted by Gasteiger charge is 2.05. The van der Waals surface area contributed by atoms with Gasteiger partial charge in [-0.3, -0.25) is 4.79 Å². The maximum absolute atomic E-state index is 11.5. The minimum atomic E-state index is -0.118. The number of rotatable bonds is 1. The highest BCUT2D eigenvalue weighted by atomic mass is 32.2. The van der Waals surface area contributed by atoms with Crippen LogP contribution in [0.15, 0.2) is 34.1 Å². The number of hydrogen-bond donors (Lipinski definition) is 1. The van der Waals surface area contributed by atoms with Crippen LogP contribution in [0.4, 0.5) is 0 Å². The number of nitrogens with zero attached hydrogens (tertiary/aromatic N) is 1. The molecule has 74 valence electrons.